The number of furan rings is 1. The second-order valence-corrected chi connectivity index (χ2v) is 6.72. The first-order chi connectivity index (χ1) is 12.2. The van der Waals surface area contributed by atoms with Crippen LogP contribution in [0.15, 0.2) is 41.1 Å². The quantitative estimate of drug-likeness (QED) is 0.855. The van der Waals surface area contributed by atoms with Gasteiger partial charge < -0.3 is 18.8 Å². The van der Waals surface area contributed by atoms with Crippen molar-refractivity contribution in [1.82, 2.24) is 9.88 Å². The summed E-state index contributed by atoms with van der Waals surface area (Å²) in [6.07, 6.45) is 5.14. The van der Waals surface area contributed by atoms with Gasteiger partial charge in [-0.1, -0.05) is 6.07 Å². The predicted molar refractivity (Wildman–Crippen MR) is 90.5 cm³/mol. The molecule has 0 bridgehead atoms. The predicted octanol–water partition coefficient (Wildman–Crippen LogP) is 2.68. The first-order valence-corrected chi connectivity index (χ1v) is 8.73. The Balaban J connectivity index is 1.42. The molecular formula is C19H22N2O4. The molecule has 0 unspecified atom stereocenters. The lowest BCUT2D eigenvalue weighted by molar-refractivity contribution is -0.0457. The smallest absolute Gasteiger partial charge is 0.290 e. The van der Waals surface area contributed by atoms with Crippen LogP contribution in [0.1, 0.15) is 29.0 Å². The fourth-order valence-corrected chi connectivity index (χ4v) is 3.80. The number of morpholine rings is 1. The minimum absolute atomic E-state index is 0.0351. The standard InChI is InChI=1S/C19H22N2O4/c1-13-5-8-24-18(13)19(22)21-7-9-23-16-11-14(10-15(16)21)12-25-17-4-2-3-6-20-17/h2-6,8,14-16H,7,9-12H2,1H3/t14-,15-,16-/m1/s1. The van der Waals surface area contributed by atoms with Crippen LogP contribution in [0.25, 0.3) is 0 Å². The van der Waals surface area contributed by atoms with E-state index < -0.39 is 0 Å². The fourth-order valence-electron chi connectivity index (χ4n) is 3.80. The Labute approximate surface area is 146 Å². The van der Waals surface area contributed by atoms with Crippen LogP contribution in [0.2, 0.25) is 0 Å². The minimum Gasteiger partial charge on any atom is -0.477 e. The molecule has 1 saturated carbocycles. The Hall–Kier alpha value is -2.34. The zero-order chi connectivity index (χ0) is 17.2. The van der Waals surface area contributed by atoms with E-state index >= 15 is 0 Å². The van der Waals surface area contributed by atoms with Gasteiger partial charge in [0, 0.05) is 24.4 Å². The monoisotopic (exact) mass is 342 g/mol. The number of ether oxygens (including phenoxy) is 2. The highest BCUT2D eigenvalue weighted by Crippen LogP contribution is 2.35. The lowest BCUT2D eigenvalue weighted by atomic mass is 10.1. The van der Waals surface area contributed by atoms with Gasteiger partial charge in [-0.15, -0.1) is 0 Å². The lowest BCUT2D eigenvalue weighted by Crippen LogP contribution is -2.51. The third kappa shape index (κ3) is 3.26. The number of hydrogen-bond acceptors (Lipinski definition) is 5. The molecule has 6 heteroatoms. The topological polar surface area (TPSA) is 64.8 Å². The Morgan fingerprint density at radius 1 is 1.36 bits per heavy atom. The van der Waals surface area contributed by atoms with E-state index in [0.717, 1.165) is 18.4 Å². The molecule has 25 heavy (non-hydrogen) atoms. The van der Waals surface area contributed by atoms with Gasteiger partial charge in [0.2, 0.25) is 5.88 Å². The molecule has 2 aromatic heterocycles. The summed E-state index contributed by atoms with van der Waals surface area (Å²) in [5.74, 6) is 1.39. The van der Waals surface area contributed by atoms with E-state index in [1.165, 1.54) is 0 Å². The molecule has 1 aliphatic heterocycles. The zero-order valence-corrected chi connectivity index (χ0v) is 14.3. The number of carbonyl (C=O) groups is 1. The Bertz CT molecular complexity index is 730. The summed E-state index contributed by atoms with van der Waals surface area (Å²) in [6, 6.07) is 7.54. The van der Waals surface area contributed by atoms with Crippen LogP contribution >= 0.6 is 0 Å². The number of nitrogens with zero attached hydrogens (tertiary/aromatic N) is 2. The molecule has 1 aliphatic carbocycles. The highest BCUT2D eigenvalue weighted by molar-refractivity contribution is 5.93. The van der Waals surface area contributed by atoms with Crippen molar-refractivity contribution in [3.8, 4) is 5.88 Å². The lowest BCUT2D eigenvalue weighted by Gasteiger charge is -2.37. The average molecular weight is 342 g/mol. The van der Waals surface area contributed by atoms with Gasteiger partial charge in [0.25, 0.3) is 5.91 Å². The molecule has 0 radical (unpaired) electrons. The molecule has 132 valence electrons. The summed E-state index contributed by atoms with van der Waals surface area (Å²) in [5.41, 5.74) is 0.876. The van der Waals surface area contributed by atoms with E-state index in [4.69, 9.17) is 13.9 Å². The number of rotatable bonds is 4. The summed E-state index contributed by atoms with van der Waals surface area (Å²) in [6.45, 7) is 3.66. The number of hydrogen-bond donors (Lipinski definition) is 0. The van der Waals surface area contributed by atoms with Gasteiger partial charge in [0.05, 0.1) is 31.6 Å². The average Bonchev–Trinajstić information content (AvgIpc) is 3.25. The molecule has 3 atom stereocenters. The molecule has 2 fully saturated rings. The maximum Gasteiger partial charge on any atom is 0.290 e. The Morgan fingerprint density at radius 2 is 2.28 bits per heavy atom. The van der Waals surface area contributed by atoms with Crippen molar-refractivity contribution in [2.45, 2.75) is 31.9 Å². The van der Waals surface area contributed by atoms with Crippen molar-refractivity contribution >= 4 is 5.91 Å². The van der Waals surface area contributed by atoms with Crippen LogP contribution in [0, 0.1) is 12.8 Å². The van der Waals surface area contributed by atoms with E-state index in [2.05, 4.69) is 4.98 Å². The SMILES string of the molecule is Cc1ccoc1C(=O)N1CCO[C@@H]2C[C@H](COc3ccccn3)C[C@H]21. The van der Waals surface area contributed by atoms with E-state index in [1.807, 2.05) is 36.1 Å². The highest BCUT2D eigenvalue weighted by atomic mass is 16.5. The Morgan fingerprint density at radius 3 is 3.04 bits per heavy atom. The number of pyridine rings is 1. The van der Waals surface area contributed by atoms with Crippen molar-refractivity contribution in [1.29, 1.82) is 0 Å². The van der Waals surface area contributed by atoms with Gasteiger partial charge in [0.15, 0.2) is 5.76 Å². The second-order valence-electron chi connectivity index (χ2n) is 6.72. The maximum absolute atomic E-state index is 12.8. The van der Waals surface area contributed by atoms with E-state index in [-0.39, 0.29) is 18.1 Å². The molecular weight excluding hydrogens is 320 g/mol. The van der Waals surface area contributed by atoms with Gasteiger partial charge in [-0.2, -0.15) is 0 Å². The number of fused-ring (bicyclic) bond motifs is 1. The van der Waals surface area contributed by atoms with Crippen LogP contribution in [-0.2, 0) is 4.74 Å². The van der Waals surface area contributed by atoms with Crippen molar-refractivity contribution in [3.63, 3.8) is 0 Å². The third-order valence-corrected chi connectivity index (χ3v) is 5.06. The normalized spacial score (nSPS) is 25.6. The van der Waals surface area contributed by atoms with Crippen molar-refractivity contribution < 1.29 is 18.7 Å². The summed E-state index contributed by atoms with van der Waals surface area (Å²) in [7, 11) is 0. The molecule has 1 saturated heterocycles. The summed E-state index contributed by atoms with van der Waals surface area (Å²) >= 11 is 0. The molecule has 4 rings (SSSR count). The van der Waals surface area contributed by atoms with Crippen LogP contribution in [0.3, 0.4) is 0 Å². The van der Waals surface area contributed by atoms with Crippen LogP contribution in [-0.4, -0.2) is 47.7 Å². The van der Waals surface area contributed by atoms with Crippen LogP contribution < -0.4 is 4.74 Å². The molecule has 1 amide bonds. The van der Waals surface area contributed by atoms with E-state index in [1.54, 1.807) is 12.5 Å². The Kier molecular flexibility index (Phi) is 4.44. The van der Waals surface area contributed by atoms with Crippen LogP contribution in [0.4, 0.5) is 0 Å². The molecule has 3 heterocycles. The summed E-state index contributed by atoms with van der Waals surface area (Å²) in [5, 5.41) is 0. The second kappa shape index (κ2) is 6.88. The van der Waals surface area contributed by atoms with E-state index in [0.29, 0.717) is 37.3 Å². The summed E-state index contributed by atoms with van der Waals surface area (Å²) in [4.78, 5) is 18.9. The first kappa shape index (κ1) is 16.1. The summed E-state index contributed by atoms with van der Waals surface area (Å²) < 4.78 is 17.1. The molecule has 2 aromatic rings. The minimum atomic E-state index is -0.0351. The molecule has 0 aromatic carbocycles. The first-order valence-electron chi connectivity index (χ1n) is 8.73. The molecule has 0 N–H and O–H groups in total. The zero-order valence-electron chi connectivity index (χ0n) is 14.3. The number of aromatic nitrogens is 1. The van der Waals surface area contributed by atoms with Gasteiger partial charge in [-0.3, -0.25) is 4.79 Å². The molecule has 6 nitrogen and oxygen atoms in total. The molecule has 2 aliphatic rings. The van der Waals surface area contributed by atoms with Gasteiger partial charge in [-0.05, 0) is 37.8 Å². The van der Waals surface area contributed by atoms with Crippen molar-refractivity contribution in [2.24, 2.45) is 5.92 Å². The van der Waals surface area contributed by atoms with Gasteiger partial charge in [0.1, 0.15) is 0 Å². The number of aryl methyl sites for hydroxylation is 1. The number of carbonyl (C=O) groups excluding carboxylic acids is 1. The molecule has 0 spiro atoms. The van der Waals surface area contributed by atoms with Crippen molar-refractivity contribution in [3.05, 3.63) is 48.0 Å². The van der Waals surface area contributed by atoms with Gasteiger partial charge in [-0.25, -0.2) is 4.98 Å². The largest absolute Gasteiger partial charge is 0.477 e. The van der Waals surface area contributed by atoms with E-state index in [9.17, 15) is 4.79 Å². The van der Waals surface area contributed by atoms with Gasteiger partial charge >= 0.3 is 0 Å². The maximum atomic E-state index is 12.8. The third-order valence-electron chi connectivity index (χ3n) is 5.06. The highest BCUT2D eigenvalue weighted by Gasteiger charge is 2.43. The van der Waals surface area contributed by atoms with Crippen molar-refractivity contribution in [2.75, 3.05) is 19.8 Å². The van der Waals surface area contributed by atoms with Crippen LogP contribution in [0.5, 0.6) is 5.88 Å². The number of amides is 1. The fraction of sp³-hybridized carbons (Fsp3) is 0.474.